The Morgan fingerprint density at radius 2 is 1.10 bits per heavy atom. The Kier molecular flexibility index (Phi) is 30.6. The lowest BCUT2D eigenvalue weighted by Gasteiger charge is -2.41. The maximum Gasteiger partial charge on any atom is 0.397 e. The summed E-state index contributed by atoms with van der Waals surface area (Å²) in [6, 6.07) is 0. The number of aliphatic hydroxyl groups excluding tert-OH is 3. The highest BCUT2D eigenvalue weighted by Crippen LogP contribution is 2.26. The van der Waals surface area contributed by atoms with Crippen LogP contribution in [0.1, 0.15) is 181 Å². The topological polar surface area (TPSA) is 178 Å². The molecule has 1 saturated heterocycles. The van der Waals surface area contributed by atoms with Gasteiger partial charge >= 0.3 is 16.4 Å². The minimum Gasteiger partial charge on any atom is -0.457 e. The Morgan fingerprint density at radius 3 is 1.52 bits per heavy atom. The van der Waals surface area contributed by atoms with Gasteiger partial charge in [-0.3, -0.25) is 9.35 Å². The molecule has 13 heteroatoms. The third-order valence-electron chi connectivity index (χ3n) is 9.73. The van der Waals surface area contributed by atoms with E-state index in [1.165, 1.54) is 128 Å². The third kappa shape index (κ3) is 26.0. The van der Waals surface area contributed by atoms with E-state index in [0.29, 0.717) is 13.0 Å². The van der Waals surface area contributed by atoms with Gasteiger partial charge in [0, 0.05) is 13.0 Å². The lowest BCUT2D eigenvalue weighted by Crippen LogP contribution is -2.60. The first-order valence-corrected chi connectivity index (χ1v) is 22.2. The van der Waals surface area contributed by atoms with Crippen LogP contribution >= 0.6 is 0 Å². The molecule has 52 heavy (non-hydrogen) atoms. The highest BCUT2D eigenvalue weighted by atomic mass is 32.3. The predicted octanol–water partition coefficient (Wildman–Crippen LogP) is 7.74. The van der Waals surface area contributed by atoms with Gasteiger partial charge in [-0.15, -0.1) is 0 Å². The first kappa shape index (κ1) is 49.1. The normalized spacial score (nSPS) is 21.4. The zero-order chi connectivity index (χ0) is 38.3. The van der Waals surface area contributed by atoms with E-state index in [4.69, 9.17) is 23.5 Å². The van der Waals surface area contributed by atoms with E-state index < -0.39 is 59.8 Å². The number of carbonyl (C=O) groups excluding carboxylic acids is 1. The zero-order valence-corrected chi connectivity index (χ0v) is 33.5. The molecule has 1 aliphatic heterocycles. The number of esters is 1. The molecule has 0 bridgehead atoms. The van der Waals surface area contributed by atoms with Crippen LogP contribution in [-0.2, 0) is 38.3 Å². The van der Waals surface area contributed by atoms with Crippen molar-refractivity contribution in [3.63, 3.8) is 0 Å². The molecule has 0 saturated carbocycles. The monoisotopic (exact) mass is 769 g/mol. The lowest BCUT2D eigenvalue weighted by molar-refractivity contribution is -0.301. The first-order valence-electron chi connectivity index (χ1n) is 20.8. The molecule has 0 aliphatic carbocycles. The van der Waals surface area contributed by atoms with Gasteiger partial charge in [0.05, 0.1) is 19.8 Å². The molecule has 0 aromatic carbocycles. The number of rotatable bonds is 36. The summed E-state index contributed by atoms with van der Waals surface area (Å²) >= 11 is 0. The molecule has 0 aromatic rings. The summed E-state index contributed by atoms with van der Waals surface area (Å²) in [4.78, 5) is 12.3. The molecule has 0 aromatic heterocycles. The quantitative estimate of drug-likeness (QED) is 0.0277. The van der Waals surface area contributed by atoms with Gasteiger partial charge in [0.25, 0.3) is 0 Å². The zero-order valence-electron chi connectivity index (χ0n) is 32.6. The van der Waals surface area contributed by atoms with Crippen LogP contribution in [0.3, 0.4) is 0 Å². The minimum atomic E-state index is -5.04. The number of unbranched alkanes of at least 4 members (excludes halogenated alkanes) is 23. The van der Waals surface area contributed by atoms with Crippen molar-refractivity contribution in [1.82, 2.24) is 0 Å². The van der Waals surface area contributed by atoms with Crippen LogP contribution in [0.5, 0.6) is 0 Å². The summed E-state index contributed by atoms with van der Waals surface area (Å²) in [6.45, 7) is 3.74. The summed E-state index contributed by atoms with van der Waals surface area (Å²) in [5, 5.41) is 30.3. The van der Waals surface area contributed by atoms with Crippen LogP contribution in [0.2, 0.25) is 0 Å². The van der Waals surface area contributed by atoms with Gasteiger partial charge in [-0.1, -0.05) is 162 Å². The molecule has 1 aliphatic rings. The van der Waals surface area contributed by atoms with E-state index in [-0.39, 0.29) is 19.6 Å². The molecule has 1 heterocycles. The summed E-state index contributed by atoms with van der Waals surface area (Å²) in [5.41, 5.74) is 0. The van der Waals surface area contributed by atoms with Gasteiger partial charge in [0.1, 0.15) is 30.5 Å². The summed E-state index contributed by atoms with van der Waals surface area (Å²) < 4.78 is 58.2. The summed E-state index contributed by atoms with van der Waals surface area (Å²) in [6.07, 6.45) is 23.0. The van der Waals surface area contributed by atoms with Crippen molar-refractivity contribution in [2.24, 2.45) is 0 Å². The molecular formula is C39H76O12S. The maximum absolute atomic E-state index is 12.3. The smallest absolute Gasteiger partial charge is 0.397 e. The molecule has 6 unspecified atom stereocenters. The SMILES string of the molecule is CCCCCCCCCCCCCCCCCCCCCCCCCOCC(COC1OC(CO)C(O)C(OS(=O)(=O)O)C1O)OC(=O)CCCC. The Morgan fingerprint density at radius 1 is 0.654 bits per heavy atom. The molecule has 12 nitrogen and oxygen atoms in total. The Bertz CT molecular complexity index is 936. The fourth-order valence-corrected chi connectivity index (χ4v) is 7.04. The van der Waals surface area contributed by atoms with Crippen molar-refractivity contribution < 1.29 is 56.2 Å². The molecule has 310 valence electrons. The van der Waals surface area contributed by atoms with Crippen molar-refractivity contribution in [2.75, 3.05) is 26.4 Å². The summed E-state index contributed by atoms with van der Waals surface area (Å²) in [5.74, 6) is -0.431. The largest absolute Gasteiger partial charge is 0.457 e. The van der Waals surface area contributed by atoms with Crippen molar-refractivity contribution in [3.05, 3.63) is 0 Å². The van der Waals surface area contributed by atoms with Gasteiger partial charge in [-0.05, 0) is 12.8 Å². The van der Waals surface area contributed by atoms with Gasteiger partial charge < -0.3 is 34.3 Å². The second-order valence-corrected chi connectivity index (χ2v) is 15.6. The van der Waals surface area contributed by atoms with E-state index in [0.717, 1.165) is 25.7 Å². The molecule has 1 fully saturated rings. The molecule has 4 N–H and O–H groups in total. The van der Waals surface area contributed by atoms with E-state index in [2.05, 4.69) is 11.1 Å². The van der Waals surface area contributed by atoms with E-state index in [1.807, 2.05) is 6.92 Å². The third-order valence-corrected chi connectivity index (χ3v) is 10.2. The van der Waals surface area contributed by atoms with Crippen LogP contribution in [0, 0.1) is 0 Å². The number of aliphatic hydroxyl groups is 3. The molecule has 0 spiro atoms. The van der Waals surface area contributed by atoms with Crippen molar-refractivity contribution >= 4 is 16.4 Å². The Labute approximate surface area is 316 Å². The average Bonchev–Trinajstić information content (AvgIpc) is 3.11. The van der Waals surface area contributed by atoms with Crippen LogP contribution in [0.15, 0.2) is 0 Å². The number of ether oxygens (including phenoxy) is 4. The predicted molar refractivity (Wildman–Crippen MR) is 202 cm³/mol. The molecule has 1 rings (SSSR count). The average molecular weight is 769 g/mol. The standard InChI is InChI=1S/C39H76O12S/c1-3-5-7-8-9-10-11-12-13-14-15-16-17-18-19-20-21-22-23-24-25-26-27-29-47-31-33(49-35(41)28-6-4-2)32-48-39-37(43)38(51-52(44,45)46)36(42)34(30-40)50-39/h33-34,36-40,42-43H,3-32H2,1-2H3,(H,44,45,46). The van der Waals surface area contributed by atoms with E-state index in [1.54, 1.807) is 0 Å². The maximum atomic E-state index is 12.3. The highest BCUT2D eigenvalue weighted by Gasteiger charge is 2.48. The number of hydrogen-bond donors (Lipinski definition) is 4. The molecule has 6 atom stereocenters. The fraction of sp³-hybridized carbons (Fsp3) is 0.974. The van der Waals surface area contributed by atoms with Crippen LogP contribution in [0.4, 0.5) is 0 Å². The van der Waals surface area contributed by atoms with Gasteiger partial charge in [0.15, 0.2) is 6.29 Å². The molecular weight excluding hydrogens is 692 g/mol. The number of carbonyl (C=O) groups is 1. The van der Waals surface area contributed by atoms with Crippen LogP contribution < -0.4 is 0 Å². The van der Waals surface area contributed by atoms with Gasteiger partial charge in [-0.2, -0.15) is 8.42 Å². The van der Waals surface area contributed by atoms with Crippen molar-refractivity contribution in [3.8, 4) is 0 Å². The van der Waals surface area contributed by atoms with Crippen molar-refractivity contribution in [2.45, 2.75) is 218 Å². The van der Waals surface area contributed by atoms with E-state index in [9.17, 15) is 28.5 Å². The van der Waals surface area contributed by atoms with E-state index >= 15 is 0 Å². The van der Waals surface area contributed by atoms with Crippen molar-refractivity contribution in [1.29, 1.82) is 0 Å². The fourth-order valence-electron chi connectivity index (χ4n) is 6.53. The van der Waals surface area contributed by atoms with Crippen LogP contribution in [0.25, 0.3) is 0 Å². The molecule has 0 amide bonds. The highest BCUT2D eigenvalue weighted by molar-refractivity contribution is 7.80. The van der Waals surface area contributed by atoms with Gasteiger partial charge in [-0.25, -0.2) is 4.18 Å². The second kappa shape index (κ2) is 32.4. The van der Waals surface area contributed by atoms with Gasteiger partial charge in [0.2, 0.25) is 0 Å². The lowest BCUT2D eigenvalue weighted by atomic mass is 9.99. The number of hydrogen-bond acceptors (Lipinski definition) is 11. The Hall–Kier alpha value is -0.900. The second-order valence-electron chi connectivity index (χ2n) is 14.6. The molecule has 0 radical (unpaired) electrons. The Balaban J connectivity index is 2.14. The summed E-state index contributed by atoms with van der Waals surface area (Å²) in [7, 11) is -5.04. The van der Waals surface area contributed by atoms with Crippen LogP contribution in [-0.4, -0.2) is 97.5 Å². The minimum absolute atomic E-state index is 0.0387. The first-order chi connectivity index (χ1) is 25.1.